The normalized spacial score (nSPS) is 12.9. The van der Waals surface area contributed by atoms with Gasteiger partial charge in [-0.3, -0.25) is 9.79 Å². The van der Waals surface area contributed by atoms with E-state index in [2.05, 4.69) is 10.3 Å². The molecule has 0 bridgehead atoms. The topological polar surface area (TPSA) is 41.5 Å². The van der Waals surface area contributed by atoms with E-state index in [1.165, 1.54) is 79.0 Å². The van der Waals surface area contributed by atoms with Crippen molar-refractivity contribution in [3.8, 4) is 0 Å². The highest BCUT2D eigenvalue weighted by Crippen LogP contribution is 2.35. The van der Waals surface area contributed by atoms with Gasteiger partial charge in [-0.25, -0.2) is 17.6 Å². The summed E-state index contributed by atoms with van der Waals surface area (Å²) in [5.74, 6) is -3.48. The lowest BCUT2D eigenvalue weighted by molar-refractivity contribution is 0.0925. The zero-order valence-electron chi connectivity index (χ0n) is 18.3. The summed E-state index contributed by atoms with van der Waals surface area (Å²) in [5.41, 5.74) is -0.0842. The molecule has 0 saturated carbocycles. The zero-order chi connectivity index (χ0) is 24.8. The van der Waals surface area contributed by atoms with Gasteiger partial charge < -0.3 is 5.32 Å². The molecule has 1 N–H and O–H groups in total. The van der Waals surface area contributed by atoms with Crippen LogP contribution in [0.2, 0.25) is 0 Å². The molecule has 0 aliphatic carbocycles. The summed E-state index contributed by atoms with van der Waals surface area (Å²) in [6, 6.07) is 20.1. The van der Waals surface area contributed by atoms with Crippen molar-refractivity contribution in [2.75, 3.05) is 0 Å². The van der Waals surface area contributed by atoms with Crippen molar-refractivity contribution in [3.05, 3.63) is 143 Å². The SMILES string of the molecule is O=C(N[C@H](c1ccccc1F)[C@@H](N=Cc1ccccc1F)c1ccccc1F)c1ccccc1F. The lowest BCUT2D eigenvalue weighted by Gasteiger charge is -2.27. The lowest BCUT2D eigenvalue weighted by Crippen LogP contribution is -2.33. The standard InChI is InChI=1S/C28H20F4N2O/c29-22-13-5-1-9-18(22)17-33-26(19-10-2-6-14-23(19)30)27(20-11-3-7-15-24(20)31)34-28(35)21-12-4-8-16-25(21)32/h1-17,26-27H,(H,34,35)/t26-,27+/m0/s1. The van der Waals surface area contributed by atoms with E-state index in [1.807, 2.05) is 0 Å². The number of halogens is 4. The van der Waals surface area contributed by atoms with Gasteiger partial charge in [-0.2, -0.15) is 0 Å². The van der Waals surface area contributed by atoms with Crippen LogP contribution in [0.4, 0.5) is 17.6 Å². The summed E-state index contributed by atoms with van der Waals surface area (Å²) < 4.78 is 58.4. The monoisotopic (exact) mass is 476 g/mol. The average Bonchev–Trinajstić information content (AvgIpc) is 2.86. The third kappa shape index (κ3) is 5.46. The van der Waals surface area contributed by atoms with Crippen LogP contribution in [0.3, 0.4) is 0 Å². The molecule has 0 radical (unpaired) electrons. The molecule has 2 atom stereocenters. The van der Waals surface area contributed by atoms with Crippen molar-refractivity contribution in [2.45, 2.75) is 12.1 Å². The minimum atomic E-state index is -1.25. The van der Waals surface area contributed by atoms with Gasteiger partial charge in [0.25, 0.3) is 5.91 Å². The Hall–Kier alpha value is -4.26. The van der Waals surface area contributed by atoms with Gasteiger partial charge in [-0.05, 0) is 30.3 Å². The Kier molecular flexibility index (Phi) is 7.35. The quantitative estimate of drug-likeness (QED) is 0.238. The van der Waals surface area contributed by atoms with Crippen LogP contribution < -0.4 is 5.32 Å². The minimum absolute atomic E-state index is 0.0103. The van der Waals surface area contributed by atoms with Gasteiger partial charge >= 0.3 is 0 Å². The third-order valence-corrected chi connectivity index (χ3v) is 5.46. The Labute approximate surface area is 199 Å². The van der Waals surface area contributed by atoms with Crippen molar-refractivity contribution in [2.24, 2.45) is 4.99 Å². The molecule has 176 valence electrons. The number of aliphatic imine (C=N–C) groups is 1. The van der Waals surface area contributed by atoms with Crippen molar-refractivity contribution in [1.82, 2.24) is 5.32 Å². The van der Waals surface area contributed by atoms with Crippen LogP contribution in [0.1, 0.15) is 39.1 Å². The summed E-state index contributed by atoms with van der Waals surface area (Å²) in [6.07, 6.45) is 1.20. The zero-order valence-corrected chi connectivity index (χ0v) is 18.3. The predicted molar refractivity (Wildman–Crippen MR) is 126 cm³/mol. The second-order valence-electron chi connectivity index (χ2n) is 7.72. The molecule has 4 aromatic rings. The molecule has 4 rings (SSSR count). The highest BCUT2D eigenvalue weighted by Gasteiger charge is 2.31. The van der Waals surface area contributed by atoms with Gasteiger partial charge in [0.15, 0.2) is 0 Å². The van der Waals surface area contributed by atoms with E-state index in [-0.39, 0.29) is 22.3 Å². The van der Waals surface area contributed by atoms with E-state index in [0.29, 0.717) is 0 Å². The first-order chi connectivity index (χ1) is 17.0. The fraction of sp³-hybridized carbons (Fsp3) is 0.0714. The fourth-order valence-corrected chi connectivity index (χ4v) is 3.72. The van der Waals surface area contributed by atoms with Crippen molar-refractivity contribution in [3.63, 3.8) is 0 Å². The predicted octanol–water partition coefficient (Wildman–Crippen LogP) is 6.57. The molecule has 1 amide bonds. The summed E-state index contributed by atoms with van der Waals surface area (Å²) in [5, 5.41) is 2.61. The molecule has 0 unspecified atom stereocenters. The fourth-order valence-electron chi connectivity index (χ4n) is 3.72. The van der Waals surface area contributed by atoms with Gasteiger partial charge in [-0.15, -0.1) is 0 Å². The summed E-state index contributed by atoms with van der Waals surface area (Å²) in [6.45, 7) is 0. The molecular weight excluding hydrogens is 456 g/mol. The first-order valence-corrected chi connectivity index (χ1v) is 10.8. The van der Waals surface area contributed by atoms with E-state index in [9.17, 15) is 22.4 Å². The largest absolute Gasteiger partial charge is 0.342 e. The third-order valence-electron chi connectivity index (χ3n) is 5.46. The molecule has 7 heteroatoms. The molecule has 0 spiro atoms. The number of benzene rings is 4. The number of rotatable bonds is 7. The van der Waals surface area contributed by atoms with E-state index in [1.54, 1.807) is 18.2 Å². The summed E-state index contributed by atoms with van der Waals surface area (Å²) >= 11 is 0. The van der Waals surface area contributed by atoms with Crippen molar-refractivity contribution >= 4 is 12.1 Å². The number of nitrogens with zero attached hydrogens (tertiary/aromatic N) is 1. The maximum Gasteiger partial charge on any atom is 0.254 e. The van der Waals surface area contributed by atoms with Gasteiger partial charge in [0.1, 0.15) is 29.3 Å². The van der Waals surface area contributed by atoms with E-state index < -0.39 is 41.3 Å². The van der Waals surface area contributed by atoms with E-state index >= 15 is 0 Å². The Morgan fingerprint density at radius 2 is 1.17 bits per heavy atom. The van der Waals surface area contributed by atoms with Gasteiger partial charge in [0, 0.05) is 22.9 Å². The van der Waals surface area contributed by atoms with Crippen LogP contribution in [0.25, 0.3) is 0 Å². The van der Waals surface area contributed by atoms with Gasteiger partial charge in [0.2, 0.25) is 0 Å². The highest BCUT2D eigenvalue weighted by molar-refractivity contribution is 5.94. The van der Waals surface area contributed by atoms with Crippen LogP contribution in [-0.2, 0) is 0 Å². The molecule has 0 saturated heterocycles. The van der Waals surface area contributed by atoms with Crippen LogP contribution in [0.5, 0.6) is 0 Å². The van der Waals surface area contributed by atoms with E-state index in [4.69, 9.17) is 0 Å². The Morgan fingerprint density at radius 3 is 1.77 bits per heavy atom. The number of hydrogen-bond donors (Lipinski definition) is 1. The Morgan fingerprint density at radius 1 is 0.657 bits per heavy atom. The molecule has 3 nitrogen and oxygen atoms in total. The number of nitrogens with one attached hydrogen (secondary N) is 1. The number of amides is 1. The molecule has 4 aromatic carbocycles. The summed E-state index contributed by atoms with van der Waals surface area (Å²) in [7, 11) is 0. The van der Waals surface area contributed by atoms with Gasteiger partial charge in [-0.1, -0.05) is 66.7 Å². The van der Waals surface area contributed by atoms with Crippen LogP contribution in [0, 0.1) is 23.3 Å². The molecule has 0 heterocycles. The second kappa shape index (κ2) is 10.8. The second-order valence-corrected chi connectivity index (χ2v) is 7.72. The molecular formula is C28H20F4N2O. The molecule has 0 aromatic heterocycles. The van der Waals surface area contributed by atoms with Crippen molar-refractivity contribution in [1.29, 1.82) is 0 Å². The smallest absolute Gasteiger partial charge is 0.254 e. The van der Waals surface area contributed by atoms with Crippen LogP contribution in [-0.4, -0.2) is 12.1 Å². The Balaban J connectivity index is 1.85. The average molecular weight is 476 g/mol. The van der Waals surface area contributed by atoms with Crippen LogP contribution in [0.15, 0.2) is 102 Å². The highest BCUT2D eigenvalue weighted by atomic mass is 19.1. The first kappa shape index (κ1) is 23.9. The first-order valence-electron chi connectivity index (χ1n) is 10.8. The molecule has 0 aliphatic rings. The Bertz CT molecular complexity index is 1370. The minimum Gasteiger partial charge on any atom is -0.342 e. The number of hydrogen-bond acceptors (Lipinski definition) is 2. The van der Waals surface area contributed by atoms with Gasteiger partial charge in [0.05, 0.1) is 11.6 Å². The lowest BCUT2D eigenvalue weighted by atomic mass is 9.92. The van der Waals surface area contributed by atoms with Crippen LogP contribution >= 0.6 is 0 Å². The summed E-state index contributed by atoms with van der Waals surface area (Å²) in [4.78, 5) is 17.4. The molecule has 35 heavy (non-hydrogen) atoms. The molecule has 0 fully saturated rings. The van der Waals surface area contributed by atoms with Crippen molar-refractivity contribution < 1.29 is 22.4 Å². The molecule has 0 aliphatic heterocycles. The van der Waals surface area contributed by atoms with E-state index in [0.717, 1.165) is 6.07 Å². The maximum absolute atomic E-state index is 14.9. The number of carbonyl (C=O) groups excluding carboxylic acids is 1. The maximum atomic E-state index is 14.9. The number of carbonyl (C=O) groups is 1.